The van der Waals surface area contributed by atoms with Gasteiger partial charge in [0.15, 0.2) is 4.80 Å². The molecule has 0 bridgehead atoms. The summed E-state index contributed by atoms with van der Waals surface area (Å²) in [6, 6.07) is 16.0. The van der Waals surface area contributed by atoms with Crippen molar-refractivity contribution in [1.29, 1.82) is 0 Å². The fourth-order valence-corrected chi connectivity index (χ4v) is 4.51. The highest BCUT2D eigenvalue weighted by Gasteiger charge is 2.09. The summed E-state index contributed by atoms with van der Waals surface area (Å²) in [5.41, 5.74) is 2.24. The molecule has 0 N–H and O–H groups in total. The van der Waals surface area contributed by atoms with Crippen LogP contribution in [0.4, 0.5) is 0 Å². The number of amides is 1. The highest BCUT2D eigenvalue weighted by atomic mass is 32.2. The Hall–Kier alpha value is -2.09. The molecule has 5 nitrogen and oxygen atoms in total. The Morgan fingerprint density at radius 1 is 1.19 bits per heavy atom. The zero-order valence-corrected chi connectivity index (χ0v) is 17.0. The van der Waals surface area contributed by atoms with Gasteiger partial charge in [0.1, 0.15) is 5.75 Å². The molecule has 142 valence electrons. The Kier molecular flexibility index (Phi) is 7.09. The molecule has 3 aromatic rings. The average Bonchev–Trinajstić information content (AvgIpc) is 3.03. The number of carbonyl (C=O) groups excluding carboxylic acids is 1. The van der Waals surface area contributed by atoms with Gasteiger partial charge in [0.2, 0.25) is 0 Å². The summed E-state index contributed by atoms with van der Waals surface area (Å²) in [5.74, 6) is 1.83. The molecule has 27 heavy (non-hydrogen) atoms. The lowest BCUT2D eigenvalue weighted by molar-refractivity contribution is -0.115. The van der Waals surface area contributed by atoms with Crippen LogP contribution < -0.4 is 9.54 Å². The lowest BCUT2D eigenvalue weighted by Gasteiger charge is -2.05. The van der Waals surface area contributed by atoms with E-state index >= 15 is 0 Å². The number of ether oxygens (including phenoxy) is 2. The Balaban J connectivity index is 1.79. The molecule has 0 unspecified atom stereocenters. The predicted molar refractivity (Wildman–Crippen MR) is 111 cm³/mol. The molecule has 1 aromatic heterocycles. The maximum absolute atomic E-state index is 12.4. The van der Waals surface area contributed by atoms with Crippen molar-refractivity contribution < 1.29 is 14.3 Å². The molecule has 0 radical (unpaired) electrons. The first-order valence-corrected chi connectivity index (χ1v) is 10.5. The summed E-state index contributed by atoms with van der Waals surface area (Å²) in [4.78, 5) is 17.4. The van der Waals surface area contributed by atoms with Crippen LogP contribution in [0.5, 0.6) is 5.75 Å². The predicted octanol–water partition coefficient (Wildman–Crippen LogP) is 3.72. The molecule has 0 spiro atoms. The molecule has 0 saturated carbocycles. The van der Waals surface area contributed by atoms with Crippen LogP contribution in [0.1, 0.15) is 5.56 Å². The summed E-state index contributed by atoms with van der Waals surface area (Å²) in [6.45, 7) is 1.20. The second-order valence-corrected chi connectivity index (χ2v) is 7.84. The number of nitrogens with zero attached hydrogens (tertiary/aromatic N) is 2. The number of aromatic nitrogens is 1. The van der Waals surface area contributed by atoms with Gasteiger partial charge in [0.05, 0.1) is 29.7 Å². The largest absolute Gasteiger partial charge is 0.497 e. The van der Waals surface area contributed by atoms with Gasteiger partial charge in [-0.05, 0) is 23.8 Å². The lowest BCUT2D eigenvalue weighted by atomic mass is 10.2. The standard InChI is InChI=1S/C20H22N2O3S2/c1-24-11-10-22-17-9-8-16(25-2)12-18(17)27-20(22)21-19(23)14-26-13-15-6-4-3-5-7-15/h3-9,12H,10-11,13-14H2,1-2H3. The van der Waals surface area contributed by atoms with E-state index in [0.717, 1.165) is 21.7 Å². The number of hydrogen-bond donors (Lipinski definition) is 0. The second kappa shape index (κ2) is 9.73. The van der Waals surface area contributed by atoms with Gasteiger partial charge in [-0.3, -0.25) is 4.79 Å². The molecule has 7 heteroatoms. The summed E-state index contributed by atoms with van der Waals surface area (Å²) in [6.07, 6.45) is 0. The first kappa shape index (κ1) is 19.7. The van der Waals surface area contributed by atoms with Crippen molar-refractivity contribution in [3.05, 3.63) is 58.9 Å². The maximum atomic E-state index is 12.4. The minimum absolute atomic E-state index is 0.124. The van der Waals surface area contributed by atoms with E-state index in [9.17, 15) is 4.79 Å². The van der Waals surface area contributed by atoms with E-state index in [0.29, 0.717) is 23.7 Å². The van der Waals surface area contributed by atoms with E-state index < -0.39 is 0 Å². The maximum Gasteiger partial charge on any atom is 0.258 e. The molecule has 0 aliphatic carbocycles. The summed E-state index contributed by atoms with van der Waals surface area (Å²) >= 11 is 3.07. The second-order valence-electron chi connectivity index (χ2n) is 5.85. The van der Waals surface area contributed by atoms with Gasteiger partial charge in [0, 0.05) is 19.4 Å². The monoisotopic (exact) mass is 402 g/mol. The molecule has 1 amide bonds. The van der Waals surface area contributed by atoms with Crippen molar-refractivity contribution in [1.82, 2.24) is 4.57 Å². The van der Waals surface area contributed by atoms with E-state index in [2.05, 4.69) is 17.1 Å². The Morgan fingerprint density at radius 3 is 2.74 bits per heavy atom. The fraction of sp³-hybridized carbons (Fsp3) is 0.300. The minimum Gasteiger partial charge on any atom is -0.497 e. The summed E-state index contributed by atoms with van der Waals surface area (Å²) in [7, 11) is 3.31. The summed E-state index contributed by atoms with van der Waals surface area (Å²) in [5, 5.41) is 0. The zero-order chi connectivity index (χ0) is 19.1. The molecule has 0 aliphatic heterocycles. The van der Waals surface area contributed by atoms with Crippen LogP contribution in [0.25, 0.3) is 10.2 Å². The molecule has 3 rings (SSSR count). The highest BCUT2D eigenvalue weighted by molar-refractivity contribution is 7.99. The number of benzene rings is 2. The van der Waals surface area contributed by atoms with E-state index in [-0.39, 0.29) is 5.91 Å². The van der Waals surface area contributed by atoms with E-state index in [1.54, 1.807) is 26.0 Å². The number of thioether (sulfide) groups is 1. The molecule has 0 saturated heterocycles. The number of methoxy groups -OCH3 is 2. The number of thiazole rings is 1. The lowest BCUT2D eigenvalue weighted by Crippen LogP contribution is -2.19. The Morgan fingerprint density at radius 2 is 2.00 bits per heavy atom. The third-order valence-electron chi connectivity index (χ3n) is 3.97. The third-order valence-corrected chi connectivity index (χ3v) is 6.00. The van der Waals surface area contributed by atoms with Crippen LogP contribution in [-0.4, -0.2) is 37.1 Å². The van der Waals surface area contributed by atoms with Crippen LogP contribution in [0.3, 0.4) is 0 Å². The van der Waals surface area contributed by atoms with Crippen LogP contribution in [0.2, 0.25) is 0 Å². The number of fused-ring (bicyclic) bond motifs is 1. The molecule has 1 heterocycles. The van der Waals surface area contributed by atoms with Crippen molar-refractivity contribution in [2.24, 2.45) is 4.99 Å². The third kappa shape index (κ3) is 5.22. The summed E-state index contributed by atoms with van der Waals surface area (Å²) < 4.78 is 13.6. The first-order valence-electron chi connectivity index (χ1n) is 8.57. The molecular formula is C20H22N2O3S2. The quantitative estimate of drug-likeness (QED) is 0.576. The average molecular weight is 403 g/mol. The highest BCUT2D eigenvalue weighted by Crippen LogP contribution is 2.23. The van der Waals surface area contributed by atoms with E-state index in [1.165, 1.54) is 16.9 Å². The van der Waals surface area contributed by atoms with E-state index in [1.807, 2.05) is 41.0 Å². The van der Waals surface area contributed by atoms with Crippen LogP contribution in [0.15, 0.2) is 53.5 Å². The van der Waals surface area contributed by atoms with Gasteiger partial charge in [0.25, 0.3) is 5.91 Å². The van der Waals surface area contributed by atoms with Gasteiger partial charge in [-0.25, -0.2) is 0 Å². The molecule has 0 fully saturated rings. The fourth-order valence-electron chi connectivity index (χ4n) is 2.63. The molecule has 0 atom stereocenters. The normalized spacial score (nSPS) is 11.9. The van der Waals surface area contributed by atoms with Gasteiger partial charge in [-0.15, -0.1) is 11.8 Å². The van der Waals surface area contributed by atoms with Gasteiger partial charge in [-0.1, -0.05) is 41.7 Å². The van der Waals surface area contributed by atoms with Crippen LogP contribution in [0, 0.1) is 0 Å². The van der Waals surface area contributed by atoms with E-state index in [4.69, 9.17) is 9.47 Å². The smallest absolute Gasteiger partial charge is 0.258 e. The van der Waals surface area contributed by atoms with Crippen molar-refractivity contribution in [2.75, 3.05) is 26.6 Å². The minimum atomic E-state index is -0.124. The van der Waals surface area contributed by atoms with Crippen LogP contribution >= 0.6 is 23.1 Å². The van der Waals surface area contributed by atoms with Gasteiger partial charge >= 0.3 is 0 Å². The Bertz CT molecular complexity index is 964. The van der Waals surface area contributed by atoms with Crippen LogP contribution in [-0.2, 0) is 21.8 Å². The van der Waals surface area contributed by atoms with Crippen molar-refractivity contribution in [3.8, 4) is 5.75 Å². The first-order chi connectivity index (χ1) is 13.2. The number of carbonyl (C=O) groups is 1. The number of hydrogen-bond acceptors (Lipinski definition) is 5. The zero-order valence-electron chi connectivity index (χ0n) is 15.4. The van der Waals surface area contributed by atoms with Crippen molar-refractivity contribution in [2.45, 2.75) is 12.3 Å². The molecule has 2 aromatic carbocycles. The Labute approximate surface area is 166 Å². The van der Waals surface area contributed by atoms with Crippen molar-refractivity contribution in [3.63, 3.8) is 0 Å². The molecular weight excluding hydrogens is 380 g/mol. The van der Waals surface area contributed by atoms with Gasteiger partial charge in [-0.2, -0.15) is 4.99 Å². The molecule has 0 aliphatic rings. The SMILES string of the molecule is COCCn1c(=NC(=O)CSCc2ccccc2)sc2cc(OC)ccc21. The van der Waals surface area contributed by atoms with Crippen molar-refractivity contribution >= 4 is 39.2 Å². The number of rotatable bonds is 8. The topological polar surface area (TPSA) is 52.8 Å². The van der Waals surface area contributed by atoms with Gasteiger partial charge < -0.3 is 14.0 Å².